The number of hydrogen-bond acceptors (Lipinski definition) is 1. The van der Waals surface area contributed by atoms with Crippen molar-refractivity contribution in [3.05, 3.63) is 51.3 Å². The lowest BCUT2D eigenvalue weighted by Crippen LogP contribution is -2.13. The summed E-state index contributed by atoms with van der Waals surface area (Å²) in [4.78, 5) is 0. The Hall–Kier alpha value is -0.510. The second kappa shape index (κ2) is 6.97. The zero-order chi connectivity index (χ0) is 14.7. The van der Waals surface area contributed by atoms with E-state index in [-0.39, 0.29) is 0 Å². The molecule has 0 N–H and O–H groups in total. The van der Waals surface area contributed by atoms with Crippen molar-refractivity contribution in [2.75, 3.05) is 5.33 Å². The molecule has 1 heterocycles. The fourth-order valence-corrected chi connectivity index (χ4v) is 3.26. The quantitative estimate of drug-likeness (QED) is 0.684. The molecule has 0 fully saturated rings. The SMILES string of the molecule is Cc1nn(C)c(CC(CBr)Cc2cccc(Cl)c2)c1Cl. The largest absolute Gasteiger partial charge is 0.271 e. The number of nitrogens with zero attached hydrogens (tertiary/aromatic N) is 2. The van der Waals surface area contributed by atoms with Crippen LogP contribution >= 0.6 is 39.1 Å². The average molecular weight is 376 g/mol. The number of benzene rings is 1. The molecule has 2 nitrogen and oxygen atoms in total. The molecule has 0 aliphatic rings. The summed E-state index contributed by atoms with van der Waals surface area (Å²) in [5.74, 6) is 0.459. The van der Waals surface area contributed by atoms with Crippen LogP contribution in [0.5, 0.6) is 0 Å². The predicted molar refractivity (Wildman–Crippen MR) is 89.1 cm³/mol. The lowest BCUT2D eigenvalue weighted by atomic mass is 9.96. The molecule has 0 bridgehead atoms. The predicted octanol–water partition coefficient (Wildman–Crippen LogP) is 4.83. The molecule has 1 aromatic carbocycles. The molecule has 1 aromatic heterocycles. The van der Waals surface area contributed by atoms with Crippen molar-refractivity contribution >= 4 is 39.1 Å². The third-order valence-corrected chi connectivity index (χ3v) is 5.02. The van der Waals surface area contributed by atoms with E-state index in [4.69, 9.17) is 23.2 Å². The van der Waals surface area contributed by atoms with Gasteiger partial charge >= 0.3 is 0 Å². The van der Waals surface area contributed by atoms with Gasteiger partial charge in [-0.05, 0) is 43.4 Å². The minimum atomic E-state index is 0.459. The molecule has 0 aliphatic carbocycles. The van der Waals surface area contributed by atoms with E-state index in [1.54, 1.807) is 0 Å². The molecular formula is C15H17BrCl2N2. The van der Waals surface area contributed by atoms with E-state index >= 15 is 0 Å². The van der Waals surface area contributed by atoms with Crippen molar-refractivity contribution in [1.82, 2.24) is 9.78 Å². The van der Waals surface area contributed by atoms with Crippen LogP contribution in [0.4, 0.5) is 0 Å². The Morgan fingerprint density at radius 1 is 1.30 bits per heavy atom. The maximum Gasteiger partial charge on any atom is 0.0847 e. The Morgan fingerprint density at radius 3 is 2.60 bits per heavy atom. The van der Waals surface area contributed by atoms with E-state index in [1.165, 1.54) is 5.56 Å². The van der Waals surface area contributed by atoms with Gasteiger partial charge in [0.25, 0.3) is 0 Å². The minimum absolute atomic E-state index is 0.459. The van der Waals surface area contributed by atoms with Gasteiger partial charge in [-0.2, -0.15) is 5.10 Å². The van der Waals surface area contributed by atoms with Crippen LogP contribution in [-0.4, -0.2) is 15.1 Å². The summed E-state index contributed by atoms with van der Waals surface area (Å²) in [6.07, 6.45) is 1.86. The summed E-state index contributed by atoms with van der Waals surface area (Å²) in [5.41, 5.74) is 3.23. The fraction of sp³-hybridized carbons (Fsp3) is 0.400. The van der Waals surface area contributed by atoms with Gasteiger partial charge in [-0.15, -0.1) is 0 Å². The van der Waals surface area contributed by atoms with Crippen LogP contribution in [-0.2, 0) is 19.9 Å². The van der Waals surface area contributed by atoms with Crippen molar-refractivity contribution in [3.63, 3.8) is 0 Å². The summed E-state index contributed by atoms with van der Waals surface area (Å²) < 4.78 is 1.88. The van der Waals surface area contributed by atoms with E-state index in [1.807, 2.05) is 36.9 Å². The van der Waals surface area contributed by atoms with Crippen molar-refractivity contribution in [1.29, 1.82) is 0 Å². The number of hydrogen-bond donors (Lipinski definition) is 0. The number of alkyl halides is 1. The highest BCUT2D eigenvalue weighted by Crippen LogP contribution is 2.25. The third kappa shape index (κ3) is 3.78. The van der Waals surface area contributed by atoms with Crippen LogP contribution in [0.25, 0.3) is 0 Å². The summed E-state index contributed by atoms with van der Waals surface area (Å²) in [6.45, 7) is 1.94. The van der Waals surface area contributed by atoms with E-state index in [9.17, 15) is 0 Å². The van der Waals surface area contributed by atoms with E-state index in [0.717, 1.165) is 39.6 Å². The molecule has 5 heteroatoms. The zero-order valence-corrected chi connectivity index (χ0v) is 14.6. The maximum atomic E-state index is 6.32. The Morgan fingerprint density at radius 2 is 2.05 bits per heavy atom. The standard InChI is InChI=1S/C15H17BrCl2N2/c1-10-15(18)14(20(2)19-10)8-12(9-16)6-11-4-3-5-13(17)7-11/h3-5,7,12H,6,8-9H2,1-2H3. The van der Waals surface area contributed by atoms with E-state index in [2.05, 4.69) is 27.1 Å². The van der Waals surface area contributed by atoms with Crippen LogP contribution in [0.1, 0.15) is 17.0 Å². The molecule has 2 aromatic rings. The summed E-state index contributed by atoms with van der Waals surface area (Å²) in [6, 6.07) is 8.02. The monoisotopic (exact) mass is 374 g/mol. The van der Waals surface area contributed by atoms with Gasteiger partial charge in [0.2, 0.25) is 0 Å². The first-order valence-corrected chi connectivity index (χ1v) is 8.37. The molecule has 2 rings (SSSR count). The van der Waals surface area contributed by atoms with Crippen LogP contribution in [0.3, 0.4) is 0 Å². The molecule has 1 unspecified atom stereocenters. The smallest absolute Gasteiger partial charge is 0.0847 e. The lowest BCUT2D eigenvalue weighted by molar-refractivity contribution is 0.557. The van der Waals surface area contributed by atoms with Crippen LogP contribution in [0, 0.1) is 12.8 Å². The second-order valence-corrected chi connectivity index (χ2v) is 6.49. The highest BCUT2D eigenvalue weighted by Gasteiger charge is 2.17. The third-order valence-electron chi connectivity index (χ3n) is 3.38. The van der Waals surface area contributed by atoms with E-state index < -0.39 is 0 Å². The first kappa shape index (κ1) is 15.9. The molecule has 0 saturated carbocycles. The number of aromatic nitrogens is 2. The minimum Gasteiger partial charge on any atom is -0.271 e. The van der Waals surface area contributed by atoms with Gasteiger partial charge in [-0.1, -0.05) is 51.3 Å². The Kier molecular flexibility index (Phi) is 5.53. The number of halogens is 3. The summed E-state index contributed by atoms with van der Waals surface area (Å²) in [5, 5.41) is 6.85. The van der Waals surface area contributed by atoms with Gasteiger partial charge in [0.05, 0.1) is 16.4 Å². The molecule has 1 atom stereocenters. The molecule has 0 aliphatic heterocycles. The van der Waals surface area contributed by atoms with Crippen LogP contribution in [0.2, 0.25) is 10.0 Å². The van der Waals surface area contributed by atoms with Crippen LogP contribution in [0.15, 0.2) is 24.3 Å². The molecular weight excluding hydrogens is 359 g/mol. The summed E-state index contributed by atoms with van der Waals surface area (Å²) in [7, 11) is 1.94. The number of aryl methyl sites for hydroxylation is 2. The lowest BCUT2D eigenvalue weighted by Gasteiger charge is -2.15. The van der Waals surface area contributed by atoms with Gasteiger partial charge in [-0.3, -0.25) is 4.68 Å². The van der Waals surface area contributed by atoms with Gasteiger partial charge < -0.3 is 0 Å². The highest BCUT2D eigenvalue weighted by molar-refractivity contribution is 9.09. The molecule has 108 valence electrons. The first-order chi connectivity index (χ1) is 9.51. The highest BCUT2D eigenvalue weighted by atomic mass is 79.9. The van der Waals surface area contributed by atoms with Crippen molar-refractivity contribution in [2.24, 2.45) is 13.0 Å². The zero-order valence-electron chi connectivity index (χ0n) is 11.5. The molecule has 0 saturated heterocycles. The van der Waals surface area contributed by atoms with E-state index in [0.29, 0.717) is 5.92 Å². The average Bonchev–Trinajstić information content (AvgIpc) is 2.64. The van der Waals surface area contributed by atoms with Crippen molar-refractivity contribution < 1.29 is 0 Å². The summed E-state index contributed by atoms with van der Waals surface area (Å²) >= 11 is 16.0. The molecule has 0 radical (unpaired) electrons. The topological polar surface area (TPSA) is 17.8 Å². The Balaban J connectivity index is 2.13. The molecule has 0 spiro atoms. The normalized spacial score (nSPS) is 12.7. The van der Waals surface area contributed by atoms with Gasteiger partial charge in [-0.25, -0.2) is 0 Å². The van der Waals surface area contributed by atoms with Gasteiger partial charge in [0.15, 0.2) is 0 Å². The van der Waals surface area contributed by atoms with Gasteiger partial charge in [0.1, 0.15) is 0 Å². The molecule has 20 heavy (non-hydrogen) atoms. The Bertz CT molecular complexity index is 596. The van der Waals surface area contributed by atoms with Crippen molar-refractivity contribution in [3.8, 4) is 0 Å². The van der Waals surface area contributed by atoms with Crippen molar-refractivity contribution in [2.45, 2.75) is 19.8 Å². The Labute approximate surface area is 138 Å². The van der Waals surface area contributed by atoms with Gasteiger partial charge in [0, 0.05) is 17.4 Å². The maximum absolute atomic E-state index is 6.32. The first-order valence-electron chi connectivity index (χ1n) is 6.49. The second-order valence-electron chi connectivity index (χ2n) is 5.03. The number of rotatable bonds is 5. The fourth-order valence-electron chi connectivity index (χ4n) is 2.35. The van der Waals surface area contributed by atoms with Crippen LogP contribution < -0.4 is 0 Å². The molecule has 0 amide bonds.